The minimum absolute atomic E-state index is 0.0257. The molecule has 0 saturated heterocycles. The van der Waals surface area contributed by atoms with Crippen LogP contribution in [-0.4, -0.2) is 19.6 Å². The van der Waals surface area contributed by atoms with Crippen molar-refractivity contribution in [2.45, 2.75) is 6.42 Å². The highest BCUT2D eigenvalue weighted by atomic mass is 19.1. The number of rotatable bonds is 5. The number of carbonyl (C=O) groups excluding carboxylic acids is 1. The van der Waals surface area contributed by atoms with Crippen LogP contribution in [0.2, 0.25) is 0 Å². The van der Waals surface area contributed by atoms with E-state index < -0.39 is 17.5 Å². The third kappa shape index (κ3) is 4.27. The highest BCUT2D eigenvalue weighted by Crippen LogP contribution is 2.11. The Balaban J connectivity index is 1.88. The summed E-state index contributed by atoms with van der Waals surface area (Å²) in [7, 11) is 1.59. The van der Waals surface area contributed by atoms with Gasteiger partial charge < -0.3 is 10.1 Å². The van der Waals surface area contributed by atoms with Crippen LogP contribution in [0, 0.1) is 11.6 Å². The van der Waals surface area contributed by atoms with E-state index >= 15 is 0 Å². The zero-order chi connectivity index (χ0) is 15.2. The largest absolute Gasteiger partial charge is 0.497 e. The van der Waals surface area contributed by atoms with E-state index in [0.717, 1.165) is 29.5 Å². The first-order chi connectivity index (χ1) is 10.1. The molecule has 0 atom stereocenters. The molecule has 110 valence electrons. The number of methoxy groups -OCH3 is 1. The van der Waals surface area contributed by atoms with Crippen LogP contribution in [0.25, 0.3) is 0 Å². The normalized spacial score (nSPS) is 10.2. The molecule has 21 heavy (non-hydrogen) atoms. The Hall–Kier alpha value is -2.43. The van der Waals surface area contributed by atoms with E-state index in [1.165, 1.54) is 0 Å². The second-order valence-corrected chi connectivity index (χ2v) is 4.51. The van der Waals surface area contributed by atoms with E-state index in [4.69, 9.17) is 4.74 Å². The molecule has 0 aromatic heterocycles. The van der Waals surface area contributed by atoms with E-state index in [1.54, 1.807) is 7.11 Å². The summed E-state index contributed by atoms with van der Waals surface area (Å²) in [6.07, 6.45) is 0.619. The molecule has 0 heterocycles. The molecule has 1 N–H and O–H groups in total. The van der Waals surface area contributed by atoms with Gasteiger partial charge >= 0.3 is 0 Å². The van der Waals surface area contributed by atoms with Gasteiger partial charge in [-0.1, -0.05) is 12.1 Å². The third-order valence-corrected chi connectivity index (χ3v) is 2.98. The van der Waals surface area contributed by atoms with Crippen LogP contribution in [0.5, 0.6) is 5.75 Å². The van der Waals surface area contributed by atoms with Crippen molar-refractivity contribution in [3.63, 3.8) is 0 Å². The molecule has 1 amide bonds. The number of amides is 1. The minimum Gasteiger partial charge on any atom is -0.497 e. The lowest BCUT2D eigenvalue weighted by Crippen LogP contribution is -2.25. The average molecular weight is 291 g/mol. The number of ether oxygens (including phenoxy) is 1. The monoisotopic (exact) mass is 291 g/mol. The fourth-order valence-electron chi connectivity index (χ4n) is 1.90. The average Bonchev–Trinajstić information content (AvgIpc) is 2.47. The van der Waals surface area contributed by atoms with Gasteiger partial charge in [-0.25, -0.2) is 8.78 Å². The summed E-state index contributed by atoms with van der Waals surface area (Å²) in [5.41, 5.74) is 1.00. The van der Waals surface area contributed by atoms with Crippen LogP contribution in [0.3, 0.4) is 0 Å². The highest BCUT2D eigenvalue weighted by Gasteiger charge is 2.08. The van der Waals surface area contributed by atoms with Crippen LogP contribution >= 0.6 is 0 Å². The molecule has 0 aliphatic rings. The Morgan fingerprint density at radius 3 is 2.29 bits per heavy atom. The predicted molar refractivity (Wildman–Crippen MR) is 75.4 cm³/mol. The molecule has 2 aromatic carbocycles. The number of benzene rings is 2. The molecular weight excluding hydrogens is 276 g/mol. The van der Waals surface area contributed by atoms with Gasteiger partial charge in [0.25, 0.3) is 5.91 Å². The molecule has 3 nitrogen and oxygen atoms in total. The van der Waals surface area contributed by atoms with Gasteiger partial charge in [0.15, 0.2) is 0 Å². The SMILES string of the molecule is COc1ccc(CCNC(=O)c2cc(F)cc(F)c2)cc1. The van der Waals surface area contributed by atoms with Crippen molar-refractivity contribution < 1.29 is 18.3 Å². The summed E-state index contributed by atoms with van der Waals surface area (Å²) in [6.45, 7) is 0.378. The zero-order valence-electron chi connectivity index (χ0n) is 11.5. The number of hydrogen-bond donors (Lipinski definition) is 1. The van der Waals surface area contributed by atoms with Gasteiger partial charge in [0.2, 0.25) is 0 Å². The molecule has 0 saturated carbocycles. The maximum absolute atomic E-state index is 13.0. The molecule has 0 bridgehead atoms. The van der Waals surface area contributed by atoms with Crippen molar-refractivity contribution in [3.05, 3.63) is 65.2 Å². The lowest BCUT2D eigenvalue weighted by molar-refractivity contribution is 0.0953. The smallest absolute Gasteiger partial charge is 0.251 e. The van der Waals surface area contributed by atoms with Gasteiger partial charge in [-0.05, 0) is 36.2 Å². The Bertz CT molecular complexity index is 606. The van der Waals surface area contributed by atoms with Crippen molar-refractivity contribution in [1.82, 2.24) is 5.32 Å². The van der Waals surface area contributed by atoms with Crippen LogP contribution in [0.1, 0.15) is 15.9 Å². The fraction of sp³-hybridized carbons (Fsp3) is 0.188. The molecule has 0 spiro atoms. The maximum atomic E-state index is 13.0. The zero-order valence-corrected chi connectivity index (χ0v) is 11.5. The summed E-state index contributed by atoms with van der Waals surface area (Å²) in [6, 6.07) is 10.2. The topological polar surface area (TPSA) is 38.3 Å². The summed E-state index contributed by atoms with van der Waals surface area (Å²) in [4.78, 5) is 11.8. The van der Waals surface area contributed by atoms with Crippen LogP contribution in [0.15, 0.2) is 42.5 Å². The Labute approximate surface area is 121 Å². The van der Waals surface area contributed by atoms with E-state index in [2.05, 4.69) is 5.32 Å². The predicted octanol–water partition coefficient (Wildman–Crippen LogP) is 2.95. The van der Waals surface area contributed by atoms with Gasteiger partial charge in [0.1, 0.15) is 17.4 Å². The summed E-state index contributed by atoms with van der Waals surface area (Å²) in [5, 5.41) is 2.63. The van der Waals surface area contributed by atoms with Gasteiger partial charge in [-0.15, -0.1) is 0 Å². The second kappa shape index (κ2) is 6.83. The van der Waals surface area contributed by atoms with E-state index in [0.29, 0.717) is 13.0 Å². The Morgan fingerprint density at radius 2 is 1.71 bits per heavy atom. The van der Waals surface area contributed by atoms with Crippen LogP contribution in [-0.2, 0) is 6.42 Å². The van der Waals surface area contributed by atoms with Gasteiger partial charge in [0.05, 0.1) is 7.11 Å². The molecule has 0 aliphatic carbocycles. The van der Waals surface area contributed by atoms with Gasteiger partial charge in [0, 0.05) is 18.2 Å². The molecule has 2 rings (SSSR count). The third-order valence-electron chi connectivity index (χ3n) is 2.98. The maximum Gasteiger partial charge on any atom is 0.251 e. The first kappa shape index (κ1) is 15.0. The molecule has 0 fully saturated rings. The van der Waals surface area contributed by atoms with Crippen molar-refractivity contribution in [2.75, 3.05) is 13.7 Å². The van der Waals surface area contributed by atoms with Crippen LogP contribution in [0.4, 0.5) is 8.78 Å². The number of nitrogens with one attached hydrogen (secondary N) is 1. The lowest BCUT2D eigenvalue weighted by Gasteiger charge is -2.06. The van der Waals surface area contributed by atoms with Crippen molar-refractivity contribution in [1.29, 1.82) is 0 Å². The van der Waals surface area contributed by atoms with Gasteiger partial charge in [-0.3, -0.25) is 4.79 Å². The fourth-order valence-corrected chi connectivity index (χ4v) is 1.90. The second-order valence-electron chi connectivity index (χ2n) is 4.51. The number of hydrogen-bond acceptors (Lipinski definition) is 2. The highest BCUT2D eigenvalue weighted by molar-refractivity contribution is 5.94. The number of halogens is 2. The minimum atomic E-state index is -0.768. The van der Waals surface area contributed by atoms with Gasteiger partial charge in [-0.2, -0.15) is 0 Å². The van der Waals surface area contributed by atoms with E-state index in [1.807, 2.05) is 24.3 Å². The summed E-state index contributed by atoms with van der Waals surface area (Å²) < 4.78 is 31.1. The molecular formula is C16H15F2NO2. The van der Waals surface area contributed by atoms with E-state index in [-0.39, 0.29) is 5.56 Å². The van der Waals surface area contributed by atoms with Crippen molar-refractivity contribution in [2.24, 2.45) is 0 Å². The van der Waals surface area contributed by atoms with Crippen molar-refractivity contribution in [3.8, 4) is 5.75 Å². The van der Waals surface area contributed by atoms with E-state index in [9.17, 15) is 13.6 Å². The lowest BCUT2D eigenvalue weighted by atomic mass is 10.1. The standard InChI is InChI=1S/C16H15F2NO2/c1-21-15-4-2-11(3-5-15)6-7-19-16(20)12-8-13(17)10-14(18)9-12/h2-5,8-10H,6-7H2,1H3,(H,19,20). The first-order valence-electron chi connectivity index (χ1n) is 6.45. The quantitative estimate of drug-likeness (QED) is 0.920. The first-order valence-corrected chi connectivity index (χ1v) is 6.45. The Morgan fingerprint density at radius 1 is 1.10 bits per heavy atom. The van der Waals surface area contributed by atoms with Crippen molar-refractivity contribution >= 4 is 5.91 Å². The number of carbonyl (C=O) groups is 1. The molecule has 5 heteroatoms. The summed E-state index contributed by atoms with van der Waals surface area (Å²) >= 11 is 0. The molecule has 2 aromatic rings. The molecule has 0 unspecified atom stereocenters. The molecule has 0 aliphatic heterocycles. The Kier molecular flexibility index (Phi) is 4.87. The summed E-state index contributed by atoms with van der Waals surface area (Å²) in [5.74, 6) is -1.27. The van der Waals surface area contributed by atoms with Crippen LogP contribution < -0.4 is 10.1 Å². The molecule has 0 radical (unpaired) electrons.